The van der Waals surface area contributed by atoms with Crippen LogP contribution in [0.5, 0.6) is 0 Å². The molecule has 2 aliphatic rings. The minimum Gasteiger partial charge on any atom is -0.368 e. The van der Waals surface area contributed by atoms with Gasteiger partial charge in [0.15, 0.2) is 5.78 Å². The maximum Gasteiger partial charge on any atom is 0.166 e. The van der Waals surface area contributed by atoms with Gasteiger partial charge < -0.3 is 4.90 Å². The fraction of sp³-hybridized carbons (Fsp3) is 0.706. The number of nitrogens with zero attached hydrogens (tertiary/aromatic N) is 2. The normalized spacial score (nSPS) is 22.1. The first-order valence-electron chi connectivity index (χ1n) is 7.56. The molecule has 3 nitrogen and oxygen atoms in total. The molecule has 0 aromatic heterocycles. The number of carbonyl (C=O) groups excluding carboxylic acids is 1. The van der Waals surface area contributed by atoms with E-state index in [2.05, 4.69) is 57.4 Å². The van der Waals surface area contributed by atoms with Gasteiger partial charge >= 0.3 is 0 Å². The van der Waals surface area contributed by atoms with Crippen LogP contribution in [0.25, 0.3) is 0 Å². The highest BCUT2D eigenvalue weighted by molar-refractivity contribution is 5.99. The largest absolute Gasteiger partial charge is 0.368 e. The van der Waals surface area contributed by atoms with Gasteiger partial charge in [0.2, 0.25) is 0 Å². The molecule has 0 amide bonds. The number of allylic oxidation sites excluding steroid dienone is 2. The summed E-state index contributed by atoms with van der Waals surface area (Å²) in [5, 5.41) is 0. The van der Waals surface area contributed by atoms with E-state index in [1.165, 1.54) is 5.70 Å². The van der Waals surface area contributed by atoms with Crippen molar-refractivity contribution in [3.05, 3.63) is 23.4 Å². The van der Waals surface area contributed by atoms with Crippen LogP contribution in [0, 0.1) is 0 Å². The highest BCUT2D eigenvalue weighted by atomic mass is 16.1. The molecule has 0 bridgehead atoms. The number of hydrogen-bond acceptors (Lipinski definition) is 3. The van der Waals surface area contributed by atoms with Crippen LogP contribution < -0.4 is 0 Å². The Morgan fingerprint density at radius 2 is 1.70 bits per heavy atom. The van der Waals surface area contributed by atoms with Crippen molar-refractivity contribution in [1.29, 1.82) is 0 Å². The molecule has 0 N–H and O–H groups in total. The van der Waals surface area contributed by atoms with E-state index in [1.54, 1.807) is 0 Å². The van der Waals surface area contributed by atoms with Crippen molar-refractivity contribution >= 4 is 5.78 Å². The zero-order valence-electron chi connectivity index (χ0n) is 13.8. The highest BCUT2D eigenvalue weighted by Gasteiger charge is 2.34. The number of Topliss-reactive ketones (excluding diaryl/α,β-unsaturated/α-hetero) is 1. The van der Waals surface area contributed by atoms with Crippen molar-refractivity contribution in [3.63, 3.8) is 0 Å². The van der Waals surface area contributed by atoms with Gasteiger partial charge in [-0.2, -0.15) is 0 Å². The molecule has 0 aliphatic carbocycles. The molecule has 0 fully saturated rings. The van der Waals surface area contributed by atoms with E-state index in [0.717, 1.165) is 25.2 Å². The molecule has 2 rings (SSSR count). The Hall–Kier alpha value is -1.09. The average Bonchev–Trinajstić information content (AvgIpc) is 2.50. The molecule has 0 aromatic rings. The molecule has 2 heterocycles. The predicted molar refractivity (Wildman–Crippen MR) is 83.6 cm³/mol. The van der Waals surface area contributed by atoms with Crippen molar-refractivity contribution < 1.29 is 4.79 Å². The number of ketones is 1. The van der Waals surface area contributed by atoms with Crippen LogP contribution in [-0.4, -0.2) is 46.3 Å². The summed E-state index contributed by atoms with van der Waals surface area (Å²) < 4.78 is 0. The van der Waals surface area contributed by atoms with E-state index in [0.29, 0.717) is 12.2 Å². The Bertz CT molecular complexity index is 460. The molecule has 0 saturated heterocycles. The van der Waals surface area contributed by atoms with Gasteiger partial charge in [0.25, 0.3) is 0 Å². The molecular weight excluding hydrogens is 248 g/mol. The van der Waals surface area contributed by atoms with Crippen LogP contribution in [0.3, 0.4) is 0 Å². The van der Waals surface area contributed by atoms with Gasteiger partial charge in [-0.25, -0.2) is 0 Å². The molecule has 0 saturated carbocycles. The lowest BCUT2D eigenvalue weighted by Crippen LogP contribution is -2.50. The molecule has 0 unspecified atom stereocenters. The first-order valence-corrected chi connectivity index (χ1v) is 7.56. The molecule has 0 radical (unpaired) electrons. The topological polar surface area (TPSA) is 23.6 Å². The predicted octanol–water partition coefficient (Wildman–Crippen LogP) is 2.98. The van der Waals surface area contributed by atoms with E-state index in [-0.39, 0.29) is 11.1 Å². The minimum atomic E-state index is 0.0585. The summed E-state index contributed by atoms with van der Waals surface area (Å²) in [6.45, 7) is 16.0. The lowest BCUT2D eigenvalue weighted by Gasteiger charge is -2.45. The molecule has 112 valence electrons. The van der Waals surface area contributed by atoms with E-state index in [1.807, 2.05) is 6.08 Å². The van der Waals surface area contributed by atoms with Gasteiger partial charge in [-0.15, -0.1) is 0 Å². The second kappa shape index (κ2) is 5.03. The van der Waals surface area contributed by atoms with Crippen molar-refractivity contribution in [2.24, 2.45) is 0 Å². The van der Waals surface area contributed by atoms with Gasteiger partial charge in [-0.05, 0) is 41.5 Å². The third-order valence-electron chi connectivity index (χ3n) is 4.21. The van der Waals surface area contributed by atoms with Crippen molar-refractivity contribution in [3.8, 4) is 0 Å². The highest BCUT2D eigenvalue weighted by Crippen LogP contribution is 2.31. The lowest BCUT2D eigenvalue weighted by atomic mass is 9.94. The molecule has 20 heavy (non-hydrogen) atoms. The van der Waals surface area contributed by atoms with Gasteiger partial charge in [0, 0.05) is 48.4 Å². The third kappa shape index (κ3) is 2.98. The number of rotatable bonds is 0. The molecule has 0 spiro atoms. The smallest absolute Gasteiger partial charge is 0.166 e. The third-order valence-corrected chi connectivity index (χ3v) is 4.21. The summed E-state index contributed by atoms with van der Waals surface area (Å²) >= 11 is 0. The number of hydrogen-bond donors (Lipinski definition) is 0. The monoisotopic (exact) mass is 276 g/mol. The first kappa shape index (κ1) is 15.3. The summed E-state index contributed by atoms with van der Waals surface area (Å²) in [4.78, 5) is 17.1. The van der Waals surface area contributed by atoms with Crippen LogP contribution in [0.4, 0.5) is 0 Å². The summed E-state index contributed by atoms with van der Waals surface area (Å²) in [6, 6.07) is 0. The summed E-state index contributed by atoms with van der Waals surface area (Å²) in [5.41, 5.74) is 2.30. The van der Waals surface area contributed by atoms with E-state index in [9.17, 15) is 4.79 Å². The zero-order valence-corrected chi connectivity index (χ0v) is 13.8. The minimum absolute atomic E-state index is 0.0585. The second-order valence-electron chi connectivity index (χ2n) is 7.81. The Kier molecular flexibility index (Phi) is 3.85. The van der Waals surface area contributed by atoms with Crippen LogP contribution in [0.15, 0.2) is 23.4 Å². The zero-order chi connectivity index (χ0) is 15.1. The molecule has 2 aliphatic heterocycles. The van der Waals surface area contributed by atoms with Crippen molar-refractivity contribution in [2.75, 3.05) is 19.6 Å². The Labute approximate surface area is 123 Å². The Balaban J connectivity index is 2.43. The Morgan fingerprint density at radius 1 is 1.05 bits per heavy atom. The number of carbonyl (C=O) groups is 1. The van der Waals surface area contributed by atoms with E-state index >= 15 is 0 Å². The van der Waals surface area contributed by atoms with Crippen LogP contribution in [0.1, 0.15) is 48.0 Å². The lowest BCUT2D eigenvalue weighted by molar-refractivity contribution is -0.116. The van der Waals surface area contributed by atoms with Gasteiger partial charge in [-0.3, -0.25) is 9.69 Å². The maximum absolute atomic E-state index is 12.3. The molecular formula is C17H28N2O. The maximum atomic E-state index is 12.3. The van der Waals surface area contributed by atoms with Crippen molar-refractivity contribution in [2.45, 2.75) is 59.0 Å². The summed E-state index contributed by atoms with van der Waals surface area (Å²) in [7, 11) is 0. The van der Waals surface area contributed by atoms with Gasteiger partial charge in [0.1, 0.15) is 0 Å². The van der Waals surface area contributed by atoms with Crippen molar-refractivity contribution in [1.82, 2.24) is 9.80 Å². The van der Waals surface area contributed by atoms with E-state index in [4.69, 9.17) is 0 Å². The summed E-state index contributed by atoms with van der Waals surface area (Å²) in [5.74, 6) is 0.299. The van der Waals surface area contributed by atoms with Crippen LogP contribution >= 0.6 is 0 Å². The average molecular weight is 276 g/mol. The molecule has 0 atom stereocenters. The fourth-order valence-corrected chi connectivity index (χ4v) is 2.94. The quantitative estimate of drug-likeness (QED) is 0.679. The fourth-order valence-electron chi connectivity index (χ4n) is 2.94. The van der Waals surface area contributed by atoms with E-state index < -0.39 is 0 Å². The second-order valence-corrected chi connectivity index (χ2v) is 7.81. The standard InChI is InChI=1S/C17H28N2O/c1-16(2,3)18-10-7-8-13-14(12-18)19(17(4,5)6)11-9-15(13)20/h7-8H,9-12H2,1-6H3. The summed E-state index contributed by atoms with van der Waals surface area (Å²) in [6.07, 6.45) is 4.81. The molecule has 3 heteroatoms. The SMILES string of the molecule is CC(C)(C)N1CC=CC2=C(C1)N(C(C)(C)C)CCC2=O. The molecule has 0 aromatic carbocycles. The van der Waals surface area contributed by atoms with Crippen LogP contribution in [0.2, 0.25) is 0 Å². The Morgan fingerprint density at radius 3 is 2.25 bits per heavy atom. The van der Waals surface area contributed by atoms with Gasteiger partial charge in [-0.1, -0.05) is 12.2 Å². The van der Waals surface area contributed by atoms with Gasteiger partial charge in [0.05, 0.1) is 0 Å². The first-order chi connectivity index (χ1) is 9.10. The van der Waals surface area contributed by atoms with Crippen LogP contribution in [-0.2, 0) is 4.79 Å².